The Morgan fingerprint density at radius 2 is 1.62 bits per heavy atom. The van der Waals surface area contributed by atoms with Gasteiger partial charge >= 0.3 is 0 Å². The van der Waals surface area contributed by atoms with Crippen LogP contribution in [0.1, 0.15) is 35.3 Å². The second-order valence-electron chi connectivity index (χ2n) is 9.51. The van der Waals surface area contributed by atoms with Crippen molar-refractivity contribution in [2.75, 3.05) is 39.4 Å². The number of amides is 1. The van der Waals surface area contributed by atoms with E-state index in [2.05, 4.69) is 5.43 Å². The number of aromatic nitrogens is 2. The summed E-state index contributed by atoms with van der Waals surface area (Å²) in [6.45, 7) is 2.91. The number of benzene rings is 2. The van der Waals surface area contributed by atoms with Gasteiger partial charge in [-0.05, 0) is 43.2 Å². The number of rotatable bonds is 8. The second kappa shape index (κ2) is 13.2. The Kier molecular flexibility index (Phi) is 9.64. The fourth-order valence-corrected chi connectivity index (χ4v) is 6.16. The van der Waals surface area contributed by atoms with Crippen molar-refractivity contribution in [3.63, 3.8) is 0 Å². The third-order valence-electron chi connectivity index (χ3n) is 6.87. The molecule has 0 aliphatic carbocycles. The van der Waals surface area contributed by atoms with Gasteiger partial charge < -0.3 is 4.74 Å². The molecule has 10 nitrogen and oxygen atoms in total. The van der Waals surface area contributed by atoms with Gasteiger partial charge in [0.1, 0.15) is 0 Å². The zero-order valence-corrected chi connectivity index (χ0v) is 24.7. The normalized spacial score (nSPS) is 17.0. The van der Waals surface area contributed by atoms with Gasteiger partial charge in [-0.25, -0.2) is 23.1 Å². The molecule has 0 saturated carbocycles. The number of hydrogen-bond acceptors (Lipinski definition) is 7. The molecule has 1 N–H and O–H groups in total. The summed E-state index contributed by atoms with van der Waals surface area (Å²) in [5.74, 6) is -0.431. The molecule has 2 aromatic carbocycles. The summed E-state index contributed by atoms with van der Waals surface area (Å²) in [5, 5.41) is 9.62. The molecule has 14 heteroatoms. The summed E-state index contributed by atoms with van der Waals surface area (Å²) < 4.78 is 33.3. The van der Waals surface area contributed by atoms with Gasteiger partial charge in [0.2, 0.25) is 10.9 Å². The Morgan fingerprint density at radius 1 is 0.950 bits per heavy atom. The molecule has 0 radical (unpaired) electrons. The van der Waals surface area contributed by atoms with Gasteiger partial charge in [-0.1, -0.05) is 53.4 Å². The molecule has 2 aliphatic heterocycles. The molecule has 3 heterocycles. The number of carbonyl (C=O) groups excluding carboxylic acids is 1. The maximum atomic E-state index is 13.8. The van der Waals surface area contributed by atoms with Crippen LogP contribution >= 0.6 is 34.8 Å². The van der Waals surface area contributed by atoms with Crippen LogP contribution in [0.3, 0.4) is 0 Å². The highest BCUT2D eigenvalue weighted by atomic mass is 35.5. The molecule has 0 unspecified atom stereocenters. The lowest BCUT2D eigenvalue weighted by atomic mass is 10.0. The van der Waals surface area contributed by atoms with E-state index in [4.69, 9.17) is 44.6 Å². The van der Waals surface area contributed by atoms with Crippen molar-refractivity contribution in [1.29, 1.82) is 0 Å². The first kappa shape index (κ1) is 29.3. The molecule has 2 aliphatic rings. The average molecular weight is 628 g/mol. The van der Waals surface area contributed by atoms with E-state index in [1.807, 2.05) is 5.01 Å². The molecule has 0 spiro atoms. The highest BCUT2D eigenvalue weighted by Gasteiger charge is 2.31. The van der Waals surface area contributed by atoms with E-state index in [1.165, 1.54) is 4.41 Å². The maximum absolute atomic E-state index is 13.8. The van der Waals surface area contributed by atoms with E-state index in [9.17, 15) is 13.2 Å². The summed E-state index contributed by atoms with van der Waals surface area (Å²) >= 11 is 19.0. The summed E-state index contributed by atoms with van der Waals surface area (Å²) in [6, 6.07) is 12.0. The molecule has 0 bridgehead atoms. The average Bonchev–Trinajstić information content (AvgIpc) is 3.32. The lowest BCUT2D eigenvalue weighted by molar-refractivity contribution is -0.0435. The molecule has 1 aromatic heterocycles. The molecule has 1 amide bonds. The lowest BCUT2D eigenvalue weighted by Crippen LogP contribution is -2.48. The van der Waals surface area contributed by atoms with Crippen LogP contribution in [-0.2, 0) is 22.2 Å². The molecular formula is C26H29Cl3N6O4S. The number of nitrogens with one attached hydrogen (secondary N) is 1. The van der Waals surface area contributed by atoms with Crippen LogP contribution in [0.25, 0.3) is 16.9 Å². The monoisotopic (exact) mass is 626 g/mol. The van der Waals surface area contributed by atoms with Gasteiger partial charge in [0.25, 0.3) is 5.91 Å². The van der Waals surface area contributed by atoms with Crippen LogP contribution in [-0.4, -0.2) is 77.9 Å². The standard InChI is InChI=1S/C26H29Cl3N6O4S/c27-19-6-4-18(5-7-19)25-21(17-34(40(37)38)33-12-14-39-15-13-33)24(26(36)31-32-10-2-1-3-11-32)30-35(25)23-9-8-20(28)16-22(23)29/h4-9,16,40H,1-3,10-15,17H2,(H,31,36). The fraction of sp³-hybridized carbons (Fsp3) is 0.385. The van der Waals surface area contributed by atoms with E-state index in [1.54, 1.807) is 52.2 Å². The zero-order chi connectivity index (χ0) is 28.2. The van der Waals surface area contributed by atoms with Crippen molar-refractivity contribution in [3.05, 3.63) is 68.8 Å². The van der Waals surface area contributed by atoms with Crippen molar-refractivity contribution in [2.24, 2.45) is 0 Å². The van der Waals surface area contributed by atoms with E-state index in [0.29, 0.717) is 63.9 Å². The van der Waals surface area contributed by atoms with Crippen molar-refractivity contribution in [3.8, 4) is 16.9 Å². The number of carbonyl (C=O) groups is 1. The molecule has 40 heavy (non-hydrogen) atoms. The van der Waals surface area contributed by atoms with Crippen LogP contribution in [0.2, 0.25) is 15.1 Å². The minimum Gasteiger partial charge on any atom is -0.379 e. The third-order valence-corrected chi connectivity index (χ3v) is 8.43. The summed E-state index contributed by atoms with van der Waals surface area (Å²) in [5.41, 5.74) is 5.17. The van der Waals surface area contributed by atoms with E-state index < -0.39 is 16.8 Å². The Labute approximate surface area is 249 Å². The first-order valence-corrected chi connectivity index (χ1v) is 15.2. The van der Waals surface area contributed by atoms with Crippen LogP contribution in [0.5, 0.6) is 0 Å². The van der Waals surface area contributed by atoms with Gasteiger partial charge in [-0.2, -0.15) is 5.10 Å². The van der Waals surface area contributed by atoms with E-state index >= 15 is 0 Å². The topological polar surface area (TPSA) is 100 Å². The molecule has 214 valence electrons. The number of halogens is 3. The largest absolute Gasteiger partial charge is 0.379 e. The predicted octanol–water partition coefficient (Wildman–Crippen LogP) is 4.21. The van der Waals surface area contributed by atoms with E-state index in [0.717, 1.165) is 32.4 Å². The number of ether oxygens (including phenoxy) is 1. The van der Waals surface area contributed by atoms with Crippen LogP contribution in [0, 0.1) is 0 Å². The number of nitrogens with zero attached hydrogens (tertiary/aromatic N) is 5. The highest BCUT2D eigenvalue weighted by Crippen LogP contribution is 2.35. The second-order valence-corrected chi connectivity index (χ2v) is 11.7. The highest BCUT2D eigenvalue weighted by molar-refractivity contribution is 7.69. The number of hydrogen-bond donors (Lipinski definition) is 2. The smallest absolute Gasteiger partial charge is 0.286 e. The zero-order valence-electron chi connectivity index (χ0n) is 21.6. The predicted molar refractivity (Wildman–Crippen MR) is 155 cm³/mol. The van der Waals surface area contributed by atoms with Gasteiger partial charge in [0, 0.05) is 47.4 Å². The summed E-state index contributed by atoms with van der Waals surface area (Å²) in [4.78, 5) is 13.8. The SMILES string of the molecule is O=C(NN1CCCCC1)c1nn(-c2ccc(Cl)cc2Cl)c(-c2ccc(Cl)cc2)c1CN(N1CCOCC1)[SH](=O)=O. The Hall–Kier alpha value is -2.22. The van der Waals surface area contributed by atoms with Crippen molar-refractivity contribution in [1.82, 2.24) is 29.6 Å². The minimum atomic E-state index is -3.04. The maximum Gasteiger partial charge on any atom is 0.286 e. The number of morpholine rings is 1. The Bertz CT molecular complexity index is 1430. The van der Waals surface area contributed by atoms with Gasteiger partial charge in [-0.15, -0.1) is 4.41 Å². The molecule has 5 rings (SSSR count). The molecule has 3 aromatic rings. The third kappa shape index (κ3) is 6.63. The fourth-order valence-electron chi connectivity index (χ4n) is 4.90. The van der Waals surface area contributed by atoms with Crippen LogP contribution in [0.4, 0.5) is 0 Å². The van der Waals surface area contributed by atoms with Gasteiger partial charge in [0.05, 0.1) is 36.2 Å². The molecule has 0 atom stereocenters. The lowest BCUT2D eigenvalue weighted by Gasteiger charge is -2.33. The minimum absolute atomic E-state index is 0.0941. The van der Waals surface area contributed by atoms with Gasteiger partial charge in [0.15, 0.2) is 5.69 Å². The summed E-state index contributed by atoms with van der Waals surface area (Å²) in [7, 11) is -3.04. The van der Waals surface area contributed by atoms with E-state index in [-0.39, 0.29) is 12.2 Å². The van der Waals surface area contributed by atoms with Crippen molar-refractivity contribution < 1.29 is 17.9 Å². The molecule has 2 saturated heterocycles. The Morgan fingerprint density at radius 3 is 2.27 bits per heavy atom. The Balaban J connectivity index is 1.68. The number of hydrazine groups is 2. The number of piperidine rings is 1. The van der Waals surface area contributed by atoms with Crippen LogP contribution in [0.15, 0.2) is 42.5 Å². The van der Waals surface area contributed by atoms with Gasteiger partial charge in [-0.3, -0.25) is 10.2 Å². The van der Waals surface area contributed by atoms with Crippen molar-refractivity contribution in [2.45, 2.75) is 25.8 Å². The first-order valence-electron chi connectivity index (χ1n) is 13.0. The molecular weight excluding hydrogens is 599 g/mol. The van der Waals surface area contributed by atoms with Crippen molar-refractivity contribution >= 4 is 51.6 Å². The van der Waals surface area contributed by atoms with Crippen LogP contribution < -0.4 is 5.43 Å². The first-order chi connectivity index (χ1) is 19.3. The quantitative estimate of drug-likeness (QED) is 0.361. The summed E-state index contributed by atoms with van der Waals surface area (Å²) in [6.07, 6.45) is 3.05. The number of thiol groups is 1. The molecule has 2 fully saturated rings.